The van der Waals surface area contributed by atoms with Gasteiger partial charge >= 0.3 is 0 Å². The summed E-state index contributed by atoms with van der Waals surface area (Å²) in [6.07, 6.45) is 4.49. The molecule has 2 heterocycles. The zero-order chi connectivity index (χ0) is 11.7. The van der Waals surface area contributed by atoms with E-state index in [0.29, 0.717) is 5.82 Å². The molecule has 0 saturated carbocycles. The molecule has 0 bridgehead atoms. The molecule has 1 aliphatic carbocycles. The summed E-state index contributed by atoms with van der Waals surface area (Å²) in [5.74, 6) is 1.46. The van der Waals surface area contributed by atoms with Crippen molar-refractivity contribution in [2.45, 2.75) is 25.7 Å². The fourth-order valence-corrected chi connectivity index (χ4v) is 2.51. The molecule has 5 nitrogen and oxygen atoms in total. The average molecular weight is 234 g/mol. The summed E-state index contributed by atoms with van der Waals surface area (Å²) < 4.78 is 5.34. The van der Waals surface area contributed by atoms with E-state index >= 15 is 0 Å². The molecule has 0 radical (unpaired) electrons. The average Bonchev–Trinajstić information content (AvgIpc) is 2.40. The van der Waals surface area contributed by atoms with Crippen molar-refractivity contribution in [1.29, 1.82) is 0 Å². The van der Waals surface area contributed by atoms with Crippen LogP contribution in [0.5, 0.6) is 0 Å². The van der Waals surface area contributed by atoms with Crippen molar-refractivity contribution >= 4 is 11.8 Å². The number of rotatable bonds is 1. The number of nitrogens with two attached hydrogens (primary N) is 1. The molecule has 1 aromatic heterocycles. The Labute approximate surface area is 101 Å². The van der Waals surface area contributed by atoms with Crippen LogP contribution in [-0.4, -0.2) is 36.3 Å². The summed E-state index contributed by atoms with van der Waals surface area (Å²) in [6.45, 7) is 3.22. The standard InChI is InChI=1S/C12H18N4O/c13-11-9-3-1-2-4-10(9)14-12(15-11)16-5-7-17-8-6-16/h1-8H2,(H2,13,14,15). The number of nitrogen functional groups attached to an aromatic ring is 1. The number of fused-ring (bicyclic) bond motifs is 1. The van der Waals surface area contributed by atoms with Crippen LogP contribution in [0.3, 0.4) is 0 Å². The maximum atomic E-state index is 6.04. The van der Waals surface area contributed by atoms with Gasteiger partial charge in [-0.05, 0) is 25.7 Å². The van der Waals surface area contributed by atoms with Gasteiger partial charge in [-0.15, -0.1) is 0 Å². The van der Waals surface area contributed by atoms with Crippen LogP contribution in [0.4, 0.5) is 11.8 Å². The van der Waals surface area contributed by atoms with Crippen molar-refractivity contribution in [2.75, 3.05) is 36.9 Å². The largest absolute Gasteiger partial charge is 0.383 e. The van der Waals surface area contributed by atoms with Crippen LogP contribution in [0.1, 0.15) is 24.1 Å². The second kappa shape index (κ2) is 4.49. The summed E-state index contributed by atoms with van der Waals surface area (Å²) in [4.78, 5) is 11.3. The van der Waals surface area contributed by atoms with Crippen LogP contribution in [0.2, 0.25) is 0 Å². The SMILES string of the molecule is Nc1nc(N2CCOCC2)nc2c1CCCC2. The molecule has 2 aliphatic rings. The number of morpholine rings is 1. The lowest BCUT2D eigenvalue weighted by Gasteiger charge is -2.28. The molecule has 1 saturated heterocycles. The Morgan fingerprint density at radius 1 is 1.06 bits per heavy atom. The maximum absolute atomic E-state index is 6.04. The van der Waals surface area contributed by atoms with E-state index in [1.807, 2.05) is 0 Å². The second-order valence-electron chi connectivity index (χ2n) is 4.64. The van der Waals surface area contributed by atoms with Gasteiger partial charge < -0.3 is 15.4 Å². The molecule has 0 atom stereocenters. The lowest BCUT2D eigenvalue weighted by molar-refractivity contribution is 0.122. The summed E-state index contributed by atoms with van der Waals surface area (Å²) in [5.41, 5.74) is 8.37. The predicted octanol–water partition coefficient (Wildman–Crippen LogP) is 0.774. The first-order valence-corrected chi connectivity index (χ1v) is 6.32. The minimum Gasteiger partial charge on any atom is -0.383 e. The van der Waals surface area contributed by atoms with Crippen LogP contribution in [0.15, 0.2) is 0 Å². The molecule has 92 valence electrons. The fraction of sp³-hybridized carbons (Fsp3) is 0.667. The van der Waals surface area contributed by atoms with E-state index in [4.69, 9.17) is 10.5 Å². The third-order valence-corrected chi connectivity index (χ3v) is 3.50. The lowest BCUT2D eigenvalue weighted by Crippen LogP contribution is -2.37. The summed E-state index contributed by atoms with van der Waals surface area (Å²) >= 11 is 0. The number of ether oxygens (including phenoxy) is 1. The summed E-state index contributed by atoms with van der Waals surface area (Å²) in [5, 5.41) is 0. The highest BCUT2D eigenvalue weighted by molar-refractivity contribution is 5.49. The molecule has 1 fully saturated rings. The number of aryl methyl sites for hydroxylation is 1. The molecule has 2 N–H and O–H groups in total. The van der Waals surface area contributed by atoms with Crippen molar-refractivity contribution in [3.63, 3.8) is 0 Å². The first-order valence-electron chi connectivity index (χ1n) is 6.32. The van der Waals surface area contributed by atoms with E-state index in [-0.39, 0.29) is 0 Å². The highest BCUT2D eigenvalue weighted by Gasteiger charge is 2.20. The first-order chi connectivity index (χ1) is 8.34. The number of aromatic nitrogens is 2. The van der Waals surface area contributed by atoms with Crippen LogP contribution in [0.25, 0.3) is 0 Å². The van der Waals surface area contributed by atoms with Crippen LogP contribution in [-0.2, 0) is 17.6 Å². The Balaban J connectivity index is 1.92. The predicted molar refractivity (Wildman–Crippen MR) is 66.1 cm³/mol. The molecule has 0 amide bonds. The Hall–Kier alpha value is -1.36. The van der Waals surface area contributed by atoms with Crippen molar-refractivity contribution in [1.82, 2.24) is 9.97 Å². The normalized spacial score (nSPS) is 20.1. The molecular weight excluding hydrogens is 216 g/mol. The van der Waals surface area contributed by atoms with E-state index in [2.05, 4.69) is 14.9 Å². The molecule has 0 spiro atoms. The van der Waals surface area contributed by atoms with Gasteiger partial charge in [0.2, 0.25) is 5.95 Å². The third-order valence-electron chi connectivity index (χ3n) is 3.50. The fourth-order valence-electron chi connectivity index (χ4n) is 2.51. The molecule has 17 heavy (non-hydrogen) atoms. The van der Waals surface area contributed by atoms with Crippen molar-refractivity contribution < 1.29 is 4.74 Å². The molecule has 1 aliphatic heterocycles. The molecule has 5 heteroatoms. The smallest absolute Gasteiger partial charge is 0.227 e. The Morgan fingerprint density at radius 3 is 2.65 bits per heavy atom. The van der Waals surface area contributed by atoms with Gasteiger partial charge in [-0.2, -0.15) is 4.98 Å². The number of anilines is 2. The van der Waals surface area contributed by atoms with Gasteiger partial charge in [0.25, 0.3) is 0 Å². The quantitative estimate of drug-likeness (QED) is 0.777. The number of nitrogens with zero attached hydrogens (tertiary/aromatic N) is 3. The van der Waals surface area contributed by atoms with E-state index in [1.165, 1.54) is 18.4 Å². The van der Waals surface area contributed by atoms with Gasteiger partial charge in [-0.1, -0.05) is 0 Å². The van der Waals surface area contributed by atoms with E-state index in [0.717, 1.165) is 50.8 Å². The molecule has 3 rings (SSSR count). The third kappa shape index (κ3) is 2.07. The Morgan fingerprint density at radius 2 is 1.82 bits per heavy atom. The first kappa shape index (κ1) is 10.8. The monoisotopic (exact) mass is 234 g/mol. The Bertz CT molecular complexity index is 415. The zero-order valence-electron chi connectivity index (χ0n) is 9.98. The van der Waals surface area contributed by atoms with Gasteiger partial charge in [0.15, 0.2) is 0 Å². The maximum Gasteiger partial charge on any atom is 0.227 e. The molecule has 0 unspecified atom stereocenters. The molecular formula is C12H18N4O. The number of hydrogen-bond donors (Lipinski definition) is 1. The highest BCUT2D eigenvalue weighted by atomic mass is 16.5. The van der Waals surface area contributed by atoms with E-state index in [1.54, 1.807) is 0 Å². The van der Waals surface area contributed by atoms with Gasteiger partial charge in [0, 0.05) is 18.7 Å². The van der Waals surface area contributed by atoms with Crippen molar-refractivity contribution in [3.05, 3.63) is 11.3 Å². The van der Waals surface area contributed by atoms with Crippen LogP contribution >= 0.6 is 0 Å². The van der Waals surface area contributed by atoms with Gasteiger partial charge in [-0.3, -0.25) is 0 Å². The van der Waals surface area contributed by atoms with Crippen molar-refractivity contribution in [3.8, 4) is 0 Å². The van der Waals surface area contributed by atoms with Crippen molar-refractivity contribution in [2.24, 2.45) is 0 Å². The van der Waals surface area contributed by atoms with Crippen LogP contribution in [0, 0.1) is 0 Å². The minimum absolute atomic E-state index is 0.677. The Kier molecular flexibility index (Phi) is 2.84. The van der Waals surface area contributed by atoms with Gasteiger partial charge in [0.1, 0.15) is 5.82 Å². The van der Waals surface area contributed by atoms with Crippen LogP contribution < -0.4 is 10.6 Å². The van der Waals surface area contributed by atoms with E-state index in [9.17, 15) is 0 Å². The second-order valence-corrected chi connectivity index (χ2v) is 4.64. The lowest BCUT2D eigenvalue weighted by atomic mass is 9.96. The highest BCUT2D eigenvalue weighted by Crippen LogP contribution is 2.25. The summed E-state index contributed by atoms with van der Waals surface area (Å²) in [7, 11) is 0. The van der Waals surface area contributed by atoms with Gasteiger partial charge in [0.05, 0.1) is 18.9 Å². The molecule has 1 aromatic rings. The topological polar surface area (TPSA) is 64.3 Å². The van der Waals surface area contributed by atoms with Gasteiger partial charge in [-0.25, -0.2) is 4.98 Å². The summed E-state index contributed by atoms with van der Waals surface area (Å²) in [6, 6.07) is 0. The zero-order valence-corrected chi connectivity index (χ0v) is 9.98. The number of hydrogen-bond acceptors (Lipinski definition) is 5. The van der Waals surface area contributed by atoms with E-state index < -0.39 is 0 Å². The molecule has 0 aromatic carbocycles. The minimum atomic E-state index is 0.677.